The van der Waals surface area contributed by atoms with E-state index in [0.29, 0.717) is 28.9 Å². The predicted molar refractivity (Wildman–Crippen MR) is 138 cm³/mol. The lowest BCUT2D eigenvalue weighted by molar-refractivity contribution is 0.0954. The quantitative estimate of drug-likeness (QED) is 0.278. The second-order valence-corrected chi connectivity index (χ2v) is 8.90. The number of benzene rings is 3. The number of nitrogens with zero attached hydrogens (tertiary/aromatic N) is 1. The molecule has 1 aliphatic carbocycles. The number of ether oxygens (including phenoxy) is 2. The SMILES string of the molecule is COc1ccc(C(=O)N/N=C(/C)c2ccc3c(c2)[C@@H]2C=CC[C@@H]2[C@H](c2ccccc2)N3)cc1OC. The molecule has 0 unspecified atom stereocenters. The highest BCUT2D eigenvalue weighted by Gasteiger charge is 2.37. The molecule has 0 saturated carbocycles. The van der Waals surface area contributed by atoms with Crippen LogP contribution in [0.25, 0.3) is 0 Å². The van der Waals surface area contributed by atoms with Crippen molar-refractivity contribution in [2.24, 2.45) is 11.0 Å². The molecule has 35 heavy (non-hydrogen) atoms. The van der Waals surface area contributed by atoms with Gasteiger partial charge in [0.2, 0.25) is 0 Å². The first-order chi connectivity index (χ1) is 17.1. The third-order valence-electron chi connectivity index (χ3n) is 6.91. The molecule has 1 heterocycles. The Morgan fingerprint density at radius 3 is 2.51 bits per heavy atom. The smallest absolute Gasteiger partial charge is 0.271 e. The van der Waals surface area contributed by atoms with Gasteiger partial charge in [0.1, 0.15) is 0 Å². The molecule has 2 aliphatic rings. The zero-order chi connectivity index (χ0) is 24.4. The molecule has 5 rings (SSSR count). The van der Waals surface area contributed by atoms with Crippen LogP contribution in [-0.2, 0) is 0 Å². The maximum absolute atomic E-state index is 12.7. The summed E-state index contributed by atoms with van der Waals surface area (Å²) >= 11 is 0. The van der Waals surface area contributed by atoms with E-state index >= 15 is 0 Å². The van der Waals surface area contributed by atoms with Gasteiger partial charge < -0.3 is 14.8 Å². The fourth-order valence-corrected chi connectivity index (χ4v) is 5.05. The van der Waals surface area contributed by atoms with Crippen LogP contribution in [0.3, 0.4) is 0 Å². The summed E-state index contributed by atoms with van der Waals surface area (Å²) in [6.45, 7) is 1.90. The standard InChI is InChI=1S/C29H29N3O3/c1-18(31-32-29(33)21-13-15-26(34-2)27(17-21)35-3)20-12-14-25-24(16-20)22-10-7-11-23(22)28(30-25)19-8-5-4-6-9-19/h4-10,12-17,22-23,28,30H,11H2,1-3H3,(H,32,33)/b31-18-/t22-,23+,28+/m1/s1. The van der Waals surface area contributed by atoms with Gasteiger partial charge >= 0.3 is 0 Å². The van der Waals surface area contributed by atoms with E-state index in [1.165, 1.54) is 11.1 Å². The maximum Gasteiger partial charge on any atom is 0.271 e. The van der Waals surface area contributed by atoms with Crippen molar-refractivity contribution in [1.29, 1.82) is 0 Å². The molecule has 6 nitrogen and oxygen atoms in total. The molecular weight excluding hydrogens is 438 g/mol. The van der Waals surface area contributed by atoms with E-state index in [1.54, 1.807) is 32.4 Å². The van der Waals surface area contributed by atoms with Crippen LogP contribution in [0, 0.1) is 5.92 Å². The Balaban J connectivity index is 1.36. The van der Waals surface area contributed by atoms with Crippen molar-refractivity contribution in [2.45, 2.75) is 25.3 Å². The largest absolute Gasteiger partial charge is 0.493 e. The molecule has 0 bridgehead atoms. The molecule has 3 atom stereocenters. The molecule has 1 aliphatic heterocycles. The Kier molecular flexibility index (Phi) is 6.27. The molecule has 178 valence electrons. The molecular formula is C29H29N3O3. The molecule has 6 heteroatoms. The minimum Gasteiger partial charge on any atom is -0.493 e. The Bertz CT molecular complexity index is 1300. The summed E-state index contributed by atoms with van der Waals surface area (Å²) in [5.41, 5.74) is 8.57. The van der Waals surface area contributed by atoms with Crippen LogP contribution in [0.1, 0.15) is 52.4 Å². The van der Waals surface area contributed by atoms with Gasteiger partial charge in [0, 0.05) is 17.2 Å². The number of fused-ring (bicyclic) bond motifs is 3. The number of amides is 1. The number of nitrogens with one attached hydrogen (secondary N) is 2. The van der Waals surface area contributed by atoms with Gasteiger partial charge in [0.15, 0.2) is 11.5 Å². The van der Waals surface area contributed by atoms with E-state index in [1.807, 2.05) is 13.0 Å². The number of allylic oxidation sites excluding steroid dienone is 2. The summed E-state index contributed by atoms with van der Waals surface area (Å²) in [5.74, 6) is 1.58. The third-order valence-corrected chi connectivity index (χ3v) is 6.91. The van der Waals surface area contributed by atoms with E-state index < -0.39 is 0 Å². The lowest BCUT2D eigenvalue weighted by Gasteiger charge is -2.37. The van der Waals surface area contributed by atoms with E-state index in [-0.39, 0.29) is 11.9 Å². The minimum atomic E-state index is -0.311. The van der Waals surface area contributed by atoms with Crippen LogP contribution in [0.15, 0.2) is 84.0 Å². The van der Waals surface area contributed by atoms with Crippen LogP contribution in [0.2, 0.25) is 0 Å². The van der Waals surface area contributed by atoms with Gasteiger partial charge in [-0.1, -0.05) is 48.6 Å². The first kappa shape index (κ1) is 22.7. The number of carbonyl (C=O) groups excluding carboxylic acids is 1. The van der Waals surface area contributed by atoms with Gasteiger partial charge in [-0.3, -0.25) is 4.79 Å². The second kappa shape index (κ2) is 9.66. The number of hydrazone groups is 1. The predicted octanol–water partition coefficient (Wildman–Crippen LogP) is 5.68. The fraction of sp³-hybridized carbons (Fsp3) is 0.241. The van der Waals surface area contributed by atoms with E-state index in [2.05, 4.69) is 70.5 Å². The van der Waals surface area contributed by atoms with Gasteiger partial charge in [-0.05, 0) is 66.3 Å². The summed E-state index contributed by atoms with van der Waals surface area (Å²) in [6.07, 6.45) is 5.67. The zero-order valence-corrected chi connectivity index (χ0v) is 20.1. The summed E-state index contributed by atoms with van der Waals surface area (Å²) in [6, 6.07) is 22.3. The van der Waals surface area contributed by atoms with Crippen LogP contribution >= 0.6 is 0 Å². The molecule has 0 radical (unpaired) electrons. The molecule has 1 amide bonds. The average molecular weight is 468 g/mol. The van der Waals surface area contributed by atoms with Gasteiger partial charge in [0.25, 0.3) is 5.91 Å². The first-order valence-corrected chi connectivity index (χ1v) is 11.8. The van der Waals surface area contributed by atoms with Gasteiger partial charge in [0.05, 0.1) is 26.0 Å². The topological polar surface area (TPSA) is 72.0 Å². The Morgan fingerprint density at radius 2 is 1.74 bits per heavy atom. The lowest BCUT2D eigenvalue weighted by atomic mass is 9.76. The number of hydrogen-bond donors (Lipinski definition) is 2. The molecule has 0 aromatic heterocycles. The molecule has 0 fully saturated rings. The molecule has 2 N–H and O–H groups in total. The van der Waals surface area contributed by atoms with Gasteiger partial charge in [-0.15, -0.1) is 0 Å². The maximum atomic E-state index is 12.7. The molecule has 3 aromatic rings. The van der Waals surface area contributed by atoms with Crippen LogP contribution in [-0.4, -0.2) is 25.8 Å². The second-order valence-electron chi connectivity index (χ2n) is 8.90. The van der Waals surface area contributed by atoms with Crippen molar-refractivity contribution in [3.63, 3.8) is 0 Å². The van der Waals surface area contributed by atoms with Crippen molar-refractivity contribution >= 4 is 17.3 Å². The van der Waals surface area contributed by atoms with E-state index in [9.17, 15) is 4.79 Å². The first-order valence-electron chi connectivity index (χ1n) is 11.8. The summed E-state index contributed by atoms with van der Waals surface area (Å²) in [4.78, 5) is 12.7. The highest BCUT2D eigenvalue weighted by molar-refractivity contribution is 6.01. The number of anilines is 1. The van der Waals surface area contributed by atoms with Crippen molar-refractivity contribution in [3.8, 4) is 11.5 Å². The fourth-order valence-electron chi connectivity index (χ4n) is 5.05. The lowest BCUT2D eigenvalue weighted by Crippen LogP contribution is -2.29. The summed E-state index contributed by atoms with van der Waals surface area (Å²) in [5, 5.41) is 8.14. The Morgan fingerprint density at radius 1 is 0.971 bits per heavy atom. The van der Waals surface area contributed by atoms with Crippen LogP contribution in [0.4, 0.5) is 5.69 Å². The van der Waals surface area contributed by atoms with Crippen LogP contribution in [0.5, 0.6) is 11.5 Å². The number of rotatable bonds is 6. The van der Waals surface area contributed by atoms with Crippen molar-refractivity contribution < 1.29 is 14.3 Å². The highest BCUT2D eigenvalue weighted by atomic mass is 16.5. The summed E-state index contributed by atoms with van der Waals surface area (Å²) < 4.78 is 10.5. The zero-order valence-electron chi connectivity index (χ0n) is 20.1. The highest BCUT2D eigenvalue weighted by Crippen LogP contribution is 2.49. The Hall–Kier alpha value is -4.06. The third kappa shape index (κ3) is 4.39. The van der Waals surface area contributed by atoms with E-state index in [0.717, 1.165) is 23.4 Å². The number of hydrogen-bond acceptors (Lipinski definition) is 5. The number of carbonyl (C=O) groups is 1. The van der Waals surface area contributed by atoms with Crippen molar-refractivity contribution in [1.82, 2.24) is 5.43 Å². The summed E-state index contributed by atoms with van der Waals surface area (Å²) in [7, 11) is 3.10. The molecule has 3 aromatic carbocycles. The average Bonchev–Trinajstić information content (AvgIpc) is 3.41. The van der Waals surface area contributed by atoms with Crippen molar-refractivity contribution in [3.05, 3.63) is 101 Å². The molecule has 0 saturated heterocycles. The minimum absolute atomic E-state index is 0.282. The van der Waals surface area contributed by atoms with Gasteiger partial charge in [-0.2, -0.15) is 5.10 Å². The Labute approximate surface area is 205 Å². The van der Waals surface area contributed by atoms with Crippen molar-refractivity contribution in [2.75, 3.05) is 19.5 Å². The van der Waals surface area contributed by atoms with E-state index in [4.69, 9.17) is 9.47 Å². The normalized spacial score (nSPS) is 20.4. The monoisotopic (exact) mass is 467 g/mol. The van der Waals surface area contributed by atoms with Gasteiger partial charge in [-0.25, -0.2) is 5.43 Å². The van der Waals surface area contributed by atoms with Crippen LogP contribution < -0.4 is 20.2 Å². The molecule has 0 spiro atoms. The number of methoxy groups -OCH3 is 2.